The molecule has 0 bridgehead atoms. The van der Waals surface area contributed by atoms with Crippen molar-refractivity contribution in [1.29, 1.82) is 0 Å². The highest BCUT2D eigenvalue weighted by Gasteiger charge is 2.07. The van der Waals surface area contributed by atoms with E-state index in [9.17, 15) is 9.90 Å². The number of fused-ring (bicyclic) bond motifs is 1. The first-order valence-electron chi connectivity index (χ1n) is 4.99. The Morgan fingerprint density at radius 1 is 1.47 bits per heavy atom. The quantitative estimate of drug-likeness (QED) is 0.785. The van der Waals surface area contributed by atoms with Gasteiger partial charge in [0, 0.05) is 6.54 Å². The predicted octanol–water partition coefficient (Wildman–Crippen LogP) is 1.69. The van der Waals surface area contributed by atoms with Crippen molar-refractivity contribution in [2.45, 2.75) is 20.4 Å². The van der Waals surface area contributed by atoms with E-state index in [1.165, 1.54) is 6.07 Å². The summed E-state index contributed by atoms with van der Waals surface area (Å²) in [6.45, 7) is 4.94. The number of rotatable bonds is 2. The van der Waals surface area contributed by atoms with E-state index in [0.717, 1.165) is 12.1 Å². The monoisotopic (exact) mass is 206 g/mol. The average Bonchev–Trinajstić information content (AvgIpc) is 2.42. The minimum absolute atomic E-state index is 0.121. The average molecular weight is 206 g/mol. The molecule has 1 aromatic carbocycles. The molecule has 0 amide bonds. The van der Waals surface area contributed by atoms with Gasteiger partial charge in [-0.05, 0) is 24.1 Å². The van der Waals surface area contributed by atoms with Crippen LogP contribution in [0.15, 0.2) is 23.0 Å². The van der Waals surface area contributed by atoms with Gasteiger partial charge in [-0.25, -0.2) is 0 Å². The molecule has 0 spiro atoms. The molecule has 80 valence electrons. The Bertz CT molecular complexity index is 537. The summed E-state index contributed by atoms with van der Waals surface area (Å²) >= 11 is 0. The van der Waals surface area contributed by atoms with Gasteiger partial charge in [0.25, 0.3) is 5.56 Å². The molecule has 0 aliphatic carbocycles. The zero-order valence-electron chi connectivity index (χ0n) is 8.82. The van der Waals surface area contributed by atoms with Crippen LogP contribution in [0.2, 0.25) is 0 Å². The lowest BCUT2D eigenvalue weighted by Gasteiger charge is -2.06. The molecule has 0 aliphatic rings. The molecule has 0 saturated carbocycles. The van der Waals surface area contributed by atoms with Gasteiger partial charge in [-0.15, -0.1) is 0 Å². The molecule has 1 heterocycles. The number of hydrogen-bond donors (Lipinski definition) is 2. The molecule has 2 N–H and O–H groups in total. The number of H-pyrrole nitrogens is 1. The fourth-order valence-electron chi connectivity index (χ4n) is 1.69. The van der Waals surface area contributed by atoms with Gasteiger partial charge in [0.15, 0.2) is 0 Å². The lowest BCUT2D eigenvalue weighted by atomic mass is 10.2. The van der Waals surface area contributed by atoms with E-state index in [0.29, 0.717) is 11.3 Å². The van der Waals surface area contributed by atoms with Crippen LogP contribution in [0.3, 0.4) is 0 Å². The topological polar surface area (TPSA) is 58.0 Å². The van der Waals surface area contributed by atoms with Crippen molar-refractivity contribution in [3.05, 3.63) is 28.6 Å². The number of phenols is 1. The van der Waals surface area contributed by atoms with Crippen LogP contribution in [-0.2, 0) is 6.54 Å². The Hall–Kier alpha value is -1.71. The number of aromatic hydroxyl groups is 1. The summed E-state index contributed by atoms with van der Waals surface area (Å²) in [6, 6.07) is 4.84. The van der Waals surface area contributed by atoms with Gasteiger partial charge in [0.05, 0.1) is 10.9 Å². The molecule has 0 saturated heterocycles. The van der Waals surface area contributed by atoms with Crippen molar-refractivity contribution >= 4 is 10.9 Å². The fourth-order valence-corrected chi connectivity index (χ4v) is 1.69. The maximum atomic E-state index is 11.5. The molecule has 0 unspecified atom stereocenters. The van der Waals surface area contributed by atoms with Crippen LogP contribution in [0.25, 0.3) is 10.9 Å². The second kappa shape index (κ2) is 3.46. The van der Waals surface area contributed by atoms with Crippen LogP contribution in [-0.4, -0.2) is 14.9 Å². The van der Waals surface area contributed by atoms with E-state index < -0.39 is 0 Å². The first kappa shape index (κ1) is 9.83. The third kappa shape index (κ3) is 1.75. The second-order valence-corrected chi connectivity index (χ2v) is 4.15. The standard InChI is InChI=1S/C11H14N2O2/c1-7(2)6-13-10-4-3-8(14)5-9(10)11(15)12-13/h3-5,7,14H,6H2,1-2H3,(H,12,15). The highest BCUT2D eigenvalue weighted by Crippen LogP contribution is 2.17. The van der Waals surface area contributed by atoms with Gasteiger partial charge in [-0.2, -0.15) is 0 Å². The molecule has 2 aromatic rings. The Labute approximate surface area is 87.1 Å². The summed E-state index contributed by atoms with van der Waals surface area (Å²) in [5, 5.41) is 12.6. The summed E-state index contributed by atoms with van der Waals surface area (Å²) in [6.07, 6.45) is 0. The normalized spacial score (nSPS) is 11.4. The Balaban J connectivity index is 2.63. The zero-order valence-corrected chi connectivity index (χ0v) is 8.82. The van der Waals surface area contributed by atoms with Crippen molar-refractivity contribution in [3.8, 4) is 5.75 Å². The third-order valence-electron chi connectivity index (χ3n) is 2.30. The molecule has 4 nitrogen and oxygen atoms in total. The number of benzene rings is 1. The van der Waals surface area contributed by atoms with Crippen molar-refractivity contribution in [2.75, 3.05) is 0 Å². The molecule has 15 heavy (non-hydrogen) atoms. The molecule has 2 rings (SSSR count). The first-order chi connectivity index (χ1) is 7.08. The number of phenolic OH excluding ortho intramolecular Hbond substituents is 1. The number of nitrogens with one attached hydrogen (secondary N) is 1. The van der Waals surface area contributed by atoms with Gasteiger partial charge < -0.3 is 5.11 Å². The smallest absolute Gasteiger partial charge is 0.272 e. The van der Waals surface area contributed by atoms with E-state index in [2.05, 4.69) is 18.9 Å². The van der Waals surface area contributed by atoms with Crippen molar-refractivity contribution in [2.24, 2.45) is 5.92 Å². The van der Waals surface area contributed by atoms with Gasteiger partial charge in [-0.3, -0.25) is 14.6 Å². The molecule has 1 aromatic heterocycles. The highest BCUT2D eigenvalue weighted by molar-refractivity contribution is 5.79. The molecule has 0 atom stereocenters. The molecular weight excluding hydrogens is 192 g/mol. The predicted molar refractivity (Wildman–Crippen MR) is 59.1 cm³/mol. The Morgan fingerprint density at radius 3 is 2.87 bits per heavy atom. The summed E-state index contributed by atoms with van der Waals surface area (Å²) < 4.78 is 1.82. The van der Waals surface area contributed by atoms with E-state index in [1.54, 1.807) is 12.1 Å². The van der Waals surface area contributed by atoms with Gasteiger partial charge in [-0.1, -0.05) is 13.8 Å². The second-order valence-electron chi connectivity index (χ2n) is 4.15. The minimum atomic E-state index is -0.151. The van der Waals surface area contributed by atoms with E-state index in [-0.39, 0.29) is 11.3 Å². The Kier molecular flexibility index (Phi) is 2.26. The summed E-state index contributed by atoms with van der Waals surface area (Å²) in [7, 11) is 0. The SMILES string of the molecule is CC(C)Cn1[nH]c(=O)c2cc(O)ccc21. The zero-order chi connectivity index (χ0) is 11.0. The molecule has 0 fully saturated rings. The number of aromatic nitrogens is 2. The molecule has 0 aliphatic heterocycles. The van der Waals surface area contributed by atoms with Crippen molar-refractivity contribution in [3.63, 3.8) is 0 Å². The van der Waals surface area contributed by atoms with Crippen LogP contribution in [0.5, 0.6) is 5.75 Å². The van der Waals surface area contributed by atoms with E-state index in [4.69, 9.17) is 0 Å². The third-order valence-corrected chi connectivity index (χ3v) is 2.30. The van der Waals surface area contributed by atoms with Gasteiger partial charge in [0.2, 0.25) is 0 Å². The first-order valence-corrected chi connectivity index (χ1v) is 4.99. The molecule has 0 radical (unpaired) electrons. The number of nitrogens with zero attached hydrogens (tertiary/aromatic N) is 1. The van der Waals surface area contributed by atoms with E-state index in [1.807, 2.05) is 4.68 Å². The maximum Gasteiger partial charge on any atom is 0.272 e. The van der Waals surface area contributed by atoms with Crippen LogP contribution in [0, 0.1) is 5.92 Å². The van der Waals surface area contributed by atoms with Crippen LogP contribution in [0.4, 0.5) is 0 Å². The highest BCUT2D eigenvalue weighted by atomic mass is 16.3. The molecule has 4 heteroatoms. The van der Waals surface area contributed by atoms with E-state index >= 15 is 0 Å². The minimum Gasteiger partial charge on any atom is -0.508 e. The van der Waals surface area contributed by atoms with Crippen molar-refractivity contribution < 1.29 is 5.11 Å². The van der Waals surface area contributed by atoms with Crippen molar-refractivity contribution in [1.82, 2.24) is 9.78 Å². The Morgan fingerprint density at radius 2 is 2.20 bits per heavy atom. The largest absolute Gasteiger partial charge is 0.508 e. The lowest BCUT2D eigenvalue weighted by molar-refractivity contribution is 0.476. The lowest BCUT2D eigenvalue weighted by Crippen LogP contribution is -2.09. The molecular formula is C11H14N2O2. The fraction of sp³-hybridized carbons (Fsp3) is 0.364. The summed E-state index contributed by atoms with van der Waals surface area (Å²) in [4.78, 5) is 11.5. The summed E-state index contributed by atoms with van der Waals surface area (Å²) in [5.74, 6) is 0.584. The van der Waals surface area contributed by atoms with Crippen LogP contribution < -0.4 is 5.56 Å². The maximum absolute atomic E-state index is 11.5. The van der Waals surface area contributed by atoms with Crippen LogP contribution >= 0.6 is 0 Å². The number of aromatic amines is 1. The van der Waals surface area contributed by atoms with Crippen LogP contribution in [0.1, 0.15) is 13.8 Å². The summed E-state index contributed by atoms with van der Waals surface area (Å²) in [5.41, 5.74) is 0.688. The van der Waals surface area contributed by atoms with Gasteiger partial charge >= 0.3 is 0 Å². The number of hydrogen-bond acceptors (Lipinski definition) is 2. The van der Waals surface area contributed by atoms with Gasteiger partial charge in [0.1, 0.15) is 5.75 Å².